The number of rotatable bonds is 6. The van der Waals surface area contributed by atoms with Crippen LogP contribution in [0.1, 0.15) is 25.2 Å². The number of nitrogens with zero attached hydrogens (tertiary/aromatic N) is 2. The molecule has 0 aliphatic rings. The van der Waals surface area contributed by atoms with Gasteiger partial charge >= 0.3 is 0 Å². The van der Waals surface area contributed by atoms with E-state index in [0.29, 0.717) is 22.5 Å². The lowest BCUT2D eigenvalue weighted by Gasteiger charge is -2.16. The summed E-state index contributed by atoms with van der Waals surface area (Å²) in [5.74, 6) is 0.870. The van der Waals surface area contributed by atoms with Crippen LogP contribution in [-0.4, -0.2) is 30.4 Å². The van der Waals surface area contributed by atoms with Gasteiger partial charge in [-0.1, -0.05) is 6.92 Å². The fraction of sp³-hybridized carbons (Fsp3) is 0.333. The van der Waals surface area contributed by atoms with Crippen molar-refractivity contribution in [3.8, 4) is 0 Å². The first kappa shape index (κ1) is 15.9. The Kier molecular flexibility index (Phi) is 4.96. The van der Waals surface area contributed by atoms with E-state index >= 15 is 0 Å². The Bertz CT molecular complexity index is 702. The number of anilines is 1. The third-order valence-electron chi connectivity index (χ3n) is 2.90. The molecular weight excluding hydrogens is 358 g/mol. The van der Waals surface area contributed by atoms with E-state index in [1.807, 2.05) is 6.92 Å². The Labute approximate surface area is 131 Å². The highest BCUT2D eigenvalue weighted by atomic mass is 79.9. The minimum Gasteiger partial charge on any atom is -0.372 e. The summed E-state index contributed by atoms with van der Waals surface area (Å²) < 4.78 is 28.4. The van der Waals surface area contributed by atoms with Crippen molar-refractivity contribution in [2.75, 3.05) is 12.4 Å². The third kappa shape index (κ3) is 3.60. The van der Waals surface area contributed by atoms with Gasteiger partial charge in [0.2, 0.25) is 10.0 Å². The number of H-pyrrole nitrogens is 1. The first-order chi connectivity index (χ1) is 9.97. The number of halogens is 1. The van der Waals surface area contributed by atoms with Gasteiger partial charge < -0.3 is 10.3 Å². The smallest absolute Gasteiger partial charge is 0.244 e. The minimum absolute atomic E-state index is 0.0874. The lowest BCUT2D eigenvalue weighted by molar-refractivity contribution is 0.539. The molecule has 21 heavy (non-hydrogen) atoms. The van der Waals surface area contributed by atoms with E-state index in [1.54, 1.807) is 19.4 Å². The maximum Gasteiger partial charge on any atom is 0.244 e. The number of sulfonamides is 1. The molecule has 0 bridgehead atoms. The van der Waals surface area contributed by atoms with E-state index in [4.69, 9.17) is 0 Å². The molecule has 0 aromatic carbocycles. The molecule has 0 fully saturated rings. The van der Waals surface area contributed by atoms with Gasteiger partial charge in [0, 0.05) is 30.1 Å². The Morgan fingerprint density at radius 2 is 2.19 bits per heavy atom. The van der Waals surface area contributed by atoms with Crippen LogP contribution in [0.5, 0.6) is 0 Å². The van der Waals surface area contributed by atoms with E-state index in [2.05, 4.69) is 40.9 Å². The number of imidazole rings is 1. The highest BCUT2D eigenvalue weighted by Gasteiger charge is 2.25. The van der Waals surface area contributed by atoms with Gasteiger partial charge in [0.25, 0.3) is 0 Å². The second-order valence-corrected chi connectivity index (χ2v) is 6.90. The van der Waals surface area contributed by atoms with Crippen LogP contribution in [0, 0.1) is 0 Å². The van der Waals surface area contributed by atoms with E-state index in [1.165, 1.54) is 12.3 Å². The van der Waals surface area contributed by atoms with Gasteiger partial charge in [-0.15, -0.1) is 0 Å². The summed E-state index contributed by atoms with van der Waals surface area (Å²) in [5.41, 5.74) is 0. The Morgan fingerprint density at radius 1 is 1.43 bits per heavy atom. The van der Waals surface area contributed by atoms with Gasteiger partial charge in [0.15, 0.2) is 0 Å². The van der Waals surface area contributed by atoms with Crippen LogP contribution in [-0.2, 0) is 10.0 Å². The summed E-state index contributed by atoms with van der Waals surface area (Å²) >= 11 is 3.24. The van der Waals surface area contributed by atoms with Crippen LogP contribution < -0.4 is 10.0 Å². The average molecular weight is 374 g/mol. The number of nitrogens with one attached hydrogen (secondary N) is 3. The fourth-order valence-corrected chi connectivity index (χ4v) is 3.82. The summed E-state index contributed by atoms with van der Waals surface area (Å²) in [4.78, 5) is 11.2. The summed E-state index contributed by atoms with van der Waals surface area (Å²) in [6.45, 7) is 1.88. The molecule has 9 heteroatoms. The number of hydrogen-bond donors (Lipinski definition) is 3. The summed E-state index contributed by atoms with van der Waals surface area (Å²) in [7, 11) is -2.10. The van der Waals surface area contributed by atoms with Gasteiger partial charge in [-0.25, -0.2) is 23.1 Å². The van der Waals surface area contributed by atoms with Crippen molar-refractivity contribution in [2.24, 2.45) is 0 Å². The van der Waals surface area contributed by atoms with Crippen molar-refractivity contribution >= 4 is 31.8 Å². The highest BCUT2D eigenvalue weighted by Crippen LogP contribution is 2.24. The van der Waals surface area contributed by atoms with Gasteiger partial charge in [-0.05, 0) is 28.4 Å². The molecule has 0 spiro atoms. The number of aromatic amines is 1. The molecule has 2 heterocycles. The standard InChI is InChI=1S/C12H16BrN5O2S/c1-3-9(11-15-4-5-16-11)18-21(19,20)10-6-8(13)7-17-12(10)14-2/h4-7,9,18H,3H2,1-2H3,(H,14,17)(H,15,16). The van der Waals surface area contributed by atoms with Crippen molar-refractivity contribution < 1.29 is 8.42 Å². The summed E-state index contributed by atoms with van der Waals surface area (Å²) in [6.07, 6.45) is 5.36. The first-order valence-corrected chi connectivity index (χ1v) is 8.60. The quantitative estimate of drug-likeness (QED) is 0.719. The molecule has 114 valence electrons. The SMILES string of the molecule is CCC(NS(=O)(=O)c1cc(Br)cnc1NC)c1ncc[nH]1. The predicted molar refractivity (Wildman–Crippen MR) is 83.4 cm³/mol. The van der Waals surface area contributed by atoms with Crippen molar-refractivity contribution in [3.63, 3.8) is 0 Å². The van der Waals surface area contributed by atoms with Crippen molar-refractivity contribution in [2.45, 2.75) is 24.3 Å². The second-order valence-electron chi connectivity index (χ2n) is 4.31. The molecule has 1 atom stereocenters. The predicted octanol–water partition coefficient (Wildman–Crippen LogP) is 2.04. The molecule has 0 amide bonds. The molecule has 0 saturated heterocycles. The van der Waals surface area contributed by atoms with Crippen LogP contribution in [0.3, 0.4) is 0 Å². The highest BCUT2D eigenvalue weighted by molar-refractivity contribution is 9.10. The molecule has 2 rings (SSSR count). The van der Waals surface area contributed by atoms with Gasteiger partial charge in [-0.2, -0.15) is 0 Å². The van der Waals surface area contributed by atoms with Crippen molar-refractivity contribution in [1.29, 1.82) is 0 Å². The van der Waals surface area contributed by atoms with E-state index in [9.17, 15) is 8.42 Å². The topological polar surface area (TPSA) is 99.8 Å². The first-order valence-electron chi connectivity index (χ1n) is 6.32. The van der Waals surface area contributed by atoms with Gasteiger partial charge in [0.1, 0.15) is 16.5 Å². The molecular formula is C12H16BrN5O2S. The number of aromatic nitrogens is 3. The van der Waals surface area contributed by atoms with Gasteiger partial charge in [-0.3, -0.25) is 0 Å². The maximum absolute atomic E-state index is 12.6. The molecule has 7 nitrogen and oxygen atoms in total. The van der Waals surface area contributed by atoms with Crippen molar-refractivity contribution in [3.05, 3.63) is 35.0 Å². The van der Waals surface area contributed by atoms with Crippen LogP contribution >= 0.6 is 15.9 Å². The minimum atomic E-state index is -3.73. The largest absolute Gasteiger partial charge is 0.372 e. The Morgan fingerprint density at radius 3 is 2.76 bits per heavy atom. The van der Waals surface area contributed by atoms with Crippen LogP contribution in [0.25, 0.3) is 0 Å². The van der Waals surface area contributed by atoms with Gasteiger partial charge in [0.05, 0.1) is 6.04 Å². The molecule has 1 unspecified atom stereocenters. The summed E-state index contributed by atoms with van der Waals surface area (Å²) in [5, 5.41) is 2.78. The zero-order chi connectivity index (χ0) is 15.5. The normalized spacial score (nSPS) is 13.1. The molecule has 0 saturated carbocycles. The van der Waals surface area contributed by atoms with Crippen molar-refractivity contribution in [1.82, 2.24) is 19.7 Å². The fourth-order valence-electron chi connectivity index (χ4n) is 1.86. The van der Waals surface area contributed by atoms with Crippen LogP contribution in [0.4, 0.5) is 5.82 Å². The third-order valence-corrected chi connectivity index (χ3v) is 4.82. The summed E-state index contributed by atoms with van der Waals surface area (Å²) in [6, 6.07) is 1.09. The van der Waals surface area contributed by atoms with Crippen LogP contribution in [0.15, 0.2) is 34.0 Å². The lowest BCUT2D eigenvalue weighted by atomic mass is 10.2. The molecule has 0 radical (unpaired) electrons. The Balaban J connectivity index is 2.36. The monoisotopic (exact) mass is 373 g/mol. The molecule has 3 N–H and O–H groups in total. The molecule has 0 aliphatic carbocycles. The number of hydrogen-bond acceptors (Lipinski definition) is 5. The number of pyridine rings is 1. The molecule has 2 aromatic rings. The zero-order valence-electron chi connectivity index (χ0n) is 11.6. The molecule has 0 aliphatic heterocycles. The van der Waals surface area contributed by atoms with Crippen LogP contribution in [0.2, 0.25) is 0 Å². The van der Waals surface area contributed by atoms with E-state index in [-0.39, 0.29) is 4.90 Å². The Hall–Kier alpha value is -1.45. The maximum atomic E-state index is 12.6. The lowest BCUT2D eigenvalue weighted by Crippen LogP contribution is -2.29. The second kappa shape index (κ2) is 6.54. The van der Waals surface area contributed by atoms with E-state index in [0.717, 1.165) is 0 Å². The van der Waals surface area contributed by atoms with E-state index < -0.39 is 16.1 Å². The molecule has 2 aromatic heterocycles. The average Bonchev–Trinajstić information content (AvgIpc) is 2.99. The zero-order valence-corrected chi connectivity index (χ0v) is 14.0.